The summed E-state index contributed by atoms with van der Waals surface area (Å²) in [5.41, 5.74) is 6.75. The minimum absolute atomic E-state index is 0.248. The second-order valence-electron chi connectivity index (χ2n) is 11.0. The van der Waals surface area contributed by atoms with E-state index >= 15 is 0 Å². The topological polar surface area (TPSA) is 51.5 Å². The molecule has 4 aliphatic rings. The van der Waals surface area contributed by atoms with Gasteiger partial charge in [0.05, 0.1) is 24.3 Å². The van der Waals surface area contributed by atoms with Crippen LogP contribution in [0.4, 0.5) is 0 Å². The summed E-state index contributed by atoms with van der Waals surface area (Å²) in [7, 11) is 0. The Kier molecular flexibility index (Phi) is 4.92. The number of benzene rings is 2. The quantitative estimate of drug-likeness (QED) is 0.476. The highest BCUT2D eigenvalue weighted by Crippen LogP contribution is 2.65. The van der Waals surface area contributed by atoms with Crippen molar-refractivity contribution in [3.05, 3.63) is 59.2 Å². The van der Waals surface area contributed by atoms with Gasteiger partial charge < -0.3 is 14.2 Å². The van der Waals surface area contributed by atoms with Gasteiger partial charge in [-0.2, -0.15) is 0 Å². The zero-order valence-electron chi connectivity index (χ0n) is 20.2. The van der Waals surface area contributed by atoms with Gasteiger partial charge in [-0.15, -0.1) is 0 Å². The highest BCUT2D eigenvalue weighted by atomic mass is 16.5. The first-order chi connectivity index (χ1) is 17.2. The van der Waals surface area contributed by atoms with E-state index in [1.807, 2.05) is 11.0 Å². The predicted octanol–water partition coefficient (Wildman–Crippen LogP) is 5.51. The number of nitrogens with zero attached hydrogens (tertiary/aromatic N) is 2. The van der Waals surface area contributed by atoms with Crippen LogP contribution >= 0.6 is 0 Å². The van der Waals surface area contributed by atoms with Crippen molar-refractivity contribution in [1.29, 1.82) is 0 Å². The number of morpholine rings is 1. The summed E-state index contributed by atoms with van der Waals surface area (Å²) < 4.78 is 7.97. The molecule has 0 bridgehead atoms. The predicted molar refractivity (Wildman–Crippen MR) is 136 cm³/mol. The number of rotatable bonds is 3. The summed E-state index contributed by atoms with van der Waals surface area (Å²) in [5.74, 6) is 1.05. The number of hydrogen-bond donors (Lipinski definition) is 0. The van der Waals surface area contributed by atoms with Crippen LogP contribution < -0.4 is 0 Å². The van der Waals surface area contributed by atoms with Gasteiger partial charge in [-0.05, 0) is 42.4 Å². The maximum Gasteiger partial charge on any atom is 0.231 e. The average Bonchev–Trinajstić information content (AvgIpc) is 3.59. The molecule has 1 amide bonds. The lowest BCUT2D eigenvalue weighted by Gasteiger charge is -2.31. The first-order valence-electron chi connectivity index (χ1n) is 13.3. The molecule has 7 rings (SSSR count). The van der Waals surface area contributed by atoms with Crippen LogP contribution in [-0.4, -0.2) is 48.0 Å². The third-order valence-corrected chi connectivity index (χ3v) is 9.11. The van der Waals surface area contributed by atoms with Gasteiger partial charge in [0.1, 0.15) is 6.29 Å². The molecule has 3 heterocycles. The van der Waals surface area contributed by atoms with E-state index in [2.05, 4.69) is 41.0 Å². The number of carbonyl (C=O) groups excluding carboxylic acids is 2. The largest absolute Gasteiger partial charge is 0.378 e. The second kappa shape index (κ2) is 8.06. The van der Waals surface area contributed by atoms with Gasteiger partial charge in [0.15, 0.2) is 0 Å². The van der Waals surface area contributed by atoms with Gasteiger partial charge in [-0.25, -0.2) is 0 Å². The maximum absolute atomic E-state index is 14.1. The lowest BCUT2D eigenvalue weighted by Crippen LogP contribution is -2.45. The molecule has 2 unspecified atom stereocenters. The van der Waals surface area contributed by atoms with E-state index in [0.717, 1.165) is 18.2 Å². The SMILES string of the molecule is O=Cc1ccc2c(C3CCCCC3)c3n(c2c1)CC1(C(=O)N2CCOCC2)CC1c1ccccc1-3. The molecule has 1 saturated heterocycles. The molecule has 0 N–H and O–H groups in total. The molecule has 2 saturated carbocycles. The Morgan fingerprint density at radius 2 is 1.83 bits per heavy atom. The number of hydrogen-bond acceptors (Lipinski definition) is 3. The lowest BCUT2D eigenvalue weighted by atomic mass is 9.81. The van der Waals surface area contributed by atoms with Crippen LogP contribution in [0.5, 0.6) is 0 Å². The van der Waals surface area contributed by atoms with Gasteiger partial charge in [-0.1, -0.05) is 55.7 Å². The van der Waals surface area contributed by atoms with Crippen molar-refractivity contribution < 1.29 is 14.3 Å². The Labute approximate surface area is 206 Å². The van der Waals surface area contributed by atoms with E-state index in [0.29, 0.717) is 44.3 Å². The standard InChI is InChI=1S/C30H32N2O3/c33-18-20-10-11-24-26(16-20)32-19-30(29(34)31-12-14-35-15-13-31)17-25(30)22-8-4-5-9-23(22)28(32)27(24)21-6-2-1-3-7-21/h4-5,8-11,16,18,21,25H,1-3,6-7,12-15,17,19H2. The monoisotopic (exact) mass is 468 g/mol. The molecule has 2 aromatic carbocycles. The molecule has 3 fully saturated rings. The van der Waals surface area contributed by atoms with E-state index in [4.69, 9.17) is 4.74 Å². The summed E-state index contributed by atoms with van der Waals surface area (Å²) >= 11 is 0. The molecular weight excluding hydrogens is 436 g/mol. The summed E-state index contributed by atoms with van der Waals surface area (Å²) in [6.07, 6.45) is 8.12. The number of amides is 1. The average molecular weight is 469 g/mol. The number of aldehydes is 1. The van der Waals surface area contributed by atoms with Gasteiger partial charge in [0.25, 0.3) is 0 Å². The zero-order valence-corrected chi connectivity index (χ0v) is 20.2. The highest BCUT2D eigenvalue weighted by molar-refractivity contribution is 5.98. The molecular formula is C30H32N2O3. The van der Waals surface area contributed by atoms with Crippen LogP contribution in [0, 0.1) is 5.41 Å². The van der Waals surface area contributed by atoms with Crippen LogP contribution in [0.25, 0.3) is 22.2 Å². The minimum Gasteiger partial charge on any atom is -0.378 e. The lowest BCUT2D eigenvalue weighted by molar-refractivity contribution is -0.141. The number of ether oxygens (including phenoxy) is 1. The van der Waals surface area contributed by atoms with Gasteiger partial charge in [0, 0.05) is 47.6 Å². The zero-order chi connectivity index (χ0) is 23.6. The van der Waals surface area contributed by atoms with Crippen LogP contribution in [-0.2, 0) is 16.1 Å². The molecule has 5 nitrogen and oxygen atoms in total. The van der Waals surface area contributed by atoms with Crippen molar-refractivity contribution in [2.45, 2.75) is 56.9 Å². The van der Waals surface area contributed by atoms with E-state index < -0.39 is 5.41 Å². The Morgan fingerprint density at radius 1 is 1.03 bits per heavy atom. The Balaban J connectivity index is 1.47. The third kappa shape index (κ3) is 3.17. The molecule has 2 atom stereocenters. The number of fused-ring (bicyclic) bond motifs is 7. The summed E-state index contributed by atoms with van der Waals surface area (Å²) in [6.45, 7) is 3.28. The second-order valence-corrected chi connectivity index (χ2v) is 11.0. The maximum atomic E-state index is 14.1. The summed E-state index contributed by atoms with van der Waals surface area (Å²) in [6, 6.07) is 15.0. The van der Waals surface area contributed by atoms with Crippen LogP contribution in [0.3, 0.4) is 0 Å². The van der Waals surface area contributed by atoms with Crippen LogP contribution in [0.15, 0.2) is 42.5 Å². The molecule has 0 radical (unpaired) electrons. The molecule has 5 heteroatoms. The van der Waals surface area contributed by atoms with E-state index in [1.54, 1.807) is 0 Å². The molecule has 35 heavy (non-hydrogen) atoms. The molecule has 1 aromatic heterocycles. The molecule has 2 aliphatic heterocycles. The fourth-order valence-electron chi connectivity index (χ4n) is 7.30. The van der Waals surface area contributed by atoms with E-state index in [-0.39, 0.29) is 11.8 Å². The normalized spacial score (nSPS) is 25.9. The summed E-state index contributed by atoms with van der Waals surface area (Å²) in [5, 5.41) is 1.26. The van der Waals surface area contributed by atoms with Crippen molar-refractivity contribution in [3.8, 4) is 11.3 Å². The fourth-order valence-corrected chi connectivity index (χ4v) is 7.30. The van der Waals surface area contributed by atoms with Crippen molar-refractivity contribution in [2.75, 3.05) is 26.3 Å². The van der Waals surface area contributed by atoms with Crippen LogP contribution in [0.2, 0.25) is 0 Å². The molecule has 180 valence electrons. The molecule has 3 aromatic rings. The van der Waals surface area contributed by atoms with E-state index in [9.17, 15) is 9.59 Å². The smallest absolute Gasteiger partial charge is 0.231 e. The van der Waals surface area contributed by atoms with Crippen LogP contribution in [0.1, 0.15) is 71.8 Å². The van der Waals surface area contributed by atoms with Crippen molar-refractivity contribution in [3.63, 3.8) is 0 Å². The Bertz CT molecular complexity index is 1330. The first kappa shape index (κ1) is 21.4. The Morgan fingerprint density at radius 3 is 2.63 bits per heavy atom. The van der Waals surface area contributed by atoms with Gasteiger partial charge in [-0.3, -0.25) is 9.59 Å². The van der Waals surface area contributed by atoms with Gasteiger partial charge in [0.2, 0.25) is 5.91 Å². The minimum atomic E-state index is -0.411. The summed E-state index contributed by atoms with van der Waals surface area (Å²) in [4.78, 5) is 27.8. The van der Waals surface area contributed by atoms with Gasteiger partial charge >= 0.3 is 0 Å². The van der Waals surface area contributed by atoms with Crippen molar-refractivity contribution >= 4 is 23.1 Å². The van der Waals surface area contributed by atoms with E-state index in [1.165, 1.54) is 59.9 Å². The Hall–Kier alpha value is -2.92. The highest BCUT2D eigenvalue weighted by Gasteiger charge is 2.63. The number of aromatic nitrogens is 1. The molecule has 0 spiro atoms. The fraction of sp³-hybridized carbons (Fsp3) is 0.467. The van der Waals surface area contributed by atoms with Crippen molar-refractivity contribution in [2.24, 2.45) is 5.41 Å². The third-order valence-electron chi connectivity index (χ3n) is 9.11. The molecule has 2 aliphatic carbocycles. The first-order valence-corrected chi connectivity index (χ1v) is 13.3. The number of carbonyl (C=O) groups is 2. The van der Waals surface area contributed by atoms with Crippen molar-refractivity contribution in [1.82, 2.24) is 9.47 Å².